The quantitative estimate of drug-likeness (QED) is 0.354. The molecule has 4 aromatic rings. The number of fused-ring (bicyclic) bond motifs is 2. The molecule has 206 valence electrons. The first-order chi connectivity index (χ1) is 19.3. The molecule has 1 aliphatic heterocycles. The Balaban J connectivity index is 1.46. The number of hydrogen-bond acceptors (Lipinski definition) is 6. The van der Waals surface area contributed by atoms with E-state index in [1.54, 1.807) is 6.20 Å². The number of carbonyl (C=O) groups excluding carboxylic acids is 1. The SMILES string of the molecule is CCCN(CCC)C(=O)C1=Cc2ccc(-c3ccc4c(=O)n(Cc5nc(C)cn5C)ncc4c3)cc2N=C(N)C1. The van der Waals surface area contributed by atoms with Gasteiger partial charge >= 0.3 is 0 Å². The van der Waals surface area contributed by atoms with E-state index in [1.807, 2.05) is 72.1 Å². The van der Waals surface area contributed by atoms with E-state index in [0.717, 1.165) is 59.5 Å². The molecule has 2 N–H and O–H groups in total. The minimum absolute atomic E-state index is 0.0181. The highest BCUT2D eigenvalue weighted by Gasteiger charge is 2.21. The number of rotatable bonds is 8. The Hall–Kier alpha value is -4.53. The highest BCUT2D eigenvalue weighted by Crippen LogP contribution is 2.33. The van der Waals surface area contributed by atoms with Gasteiger partial charge in [-0.25, -0.2) is 14.7 Å². The van der Waals surface area contributed by atoms with Crippen LogP contribution in [0.5, 0.6) is 0 Å². The fourth-order valence-electron chi connectivity index (χ4n) is 5.19. The number of nitrogens with two attached hydrogens (primary N) is 1. The Morgan fingerprint density at radius 2 is 1.80 bits per heavy atom. The molecule has 2 aromatic carbocycles. The van der Waals surface area contributed by atoms with Crippen molar-refractivity contribution in [3.63, 3.8) is 0 Å². The minimum atomic E-state index is -0.161. The number of aromatic nitrogens is 4. The Morgan fingerprint density at radius 1 is 1.07 bits per heavy atom. The predicted octanol–water partition coefficient (Wildman–Crippen LogP) is 4.58. The normalized spacial score (nSPS) is 13.0. The van der Waals surface area contributed by atoms with Gasteiger partial charge < -0.3 is 15.2 Å². The predicted molar refractivity (Wildman–Crippen MR) is 160 cm³/mol. The summed E-state index contributed by atoms with van der Waals surface area (Å²) in [6.45, 7) is 7.82. The zero-order valence-corrected chi connectivity index (χ0v) is 23.5. The number of benzene rings is 2. The average molecular weight is 538 g/mol. The van der Waals surface area contributed by atoms with Gasteiger partial charge in [-0.1, -0.05) is 32.0 Å². The van der Waals surface area contributed by atoms with E-state index in [0.29, 0.717) is 35.4 Å². The van der Waals surface area contributed by atoms with Crippen molar-refractivity contribution in [2.45, 2.75) is 46.6 Å². The lowest BCUT2D eigenvalue weighted by Gasteiger charge is -2.22. The maximum absolute atomic E-state index is 13.3. The van der Waals surface area contributed by atoms with Gasteiger partial charge in [-0.2, -0.15) is 5.10 Å². The largest absolute Gasteiger partial charge is 0.387 e. The molecule has 0 atom stereocenters. The molecular formula is C31H35N7O2. The summed E-state index contributed by atoms with van der Waals surface area (Å²) in [7, 11) is 1.91. The highest BCUT2D eigenvalue weighted by atomic mass is 16.2. The van der Waals surface area contributed by atoms with Crippen molar-refractivity contribution in [3.8, 4) is 11.1 Å². The number of aryl methyl sites for hydroxylation is 2. The molecule has 0 bridgehead atoms. The maximum Gasteiger partial charge on any atom is 0.275 e. The van der Waals surface area contributed by atoms with E-state index in [9.17, 15) is 9.59 Å². The molecule has 9 heteroatoms. The van der Waals surface area contributed by atoms with Gasteiger partial charge in [-0.05, 0) is 55.2 Å². The van der Waals surface area contributed by atoms with Gasteiger partial charge in [-0.15, -0.1) is 0 Å². The van der Waals surface area contributed by atoms with Gasteiger partial charge in [0.15, 0.2) is 0 Å². The summed E-state index contributed by atoms with van der Waals surface area (Å²) in [5, 5.41) is 5.76. The van der Waals surface area contributed by atoms with Crippen LogP contribution in [0.4, 0.5) is 5.69 Å². The molecule has 0 saturated heterocycles. The lowest BCUT2D eigenvalue weighted by atomic mass is 9.99. The third kappa shape index (κ3) is 5.45. The molecule has 3 heterocycles. The zero-order valence-electron chi connectivity index (χ0n) is 23.5. The van der Waals surface area contributed by atoms with Gasteiger partial charge in [0.2, 0.25) is 5.91 Å². The van der Waals surface area contributed by atoms with Crippen LogP contribution < -0.4 is 11.3 Å². The second-order valence-corrected chi connectivity index (χ2v) is 10.3. The Kier molecular flexibility index (Phi) is 7.64. The Morgan fingerprint density at radius 3 is 2.50 bits per heavy atom. The zero-order chi connectivity index (χ0) is 28.4. The molecule has 0 saturated carbocycles. The second-order valence-electron chi connectivity index (χ2n) is 10.3. The molecule has 0 unspecified atom stereocenters. The molecule has 9 nitrogen and oxygen atoms in total. The van der Waals surface area contributed by atoms with Crippen LogP contribution in [0.2, 0.25) is 0 Å². The summed E-state index contributed by atoms with van der Waals surface area (Å²) >= 11 is 0. The van der Waals surface area contributed by atoms with Crippen molar-refractivity contribution < 1.29 is 4.79 Å². The van der Waals surface area contributed by atoms with Crippen LogP contribution in [-0.4, -0.2) is 49.1 Å². The third-order valence-electron chi connectivity index (χ3n) is 7.11. The summed E-state index contributed by atoms with van der Waals surface area (Å²) in [5.41, 5.74) is 11.1. The molecule has 1 aliphatic rings. The van der Waals surface area contributed by atoms with E-state index >= 15 is 0 Å². The molecule has 0 spiro atoms. The minimum Gasteiger partial charge on any atom is -0.387 e. The van der Waals surface area contributed by atoms with E-state index in [4.69, 9.17) is 5.73 Å². The number of amides is 1. The van der Waals surface area contributed by atoms with Crippen LogP contribution in [0, 0.1) is 6.92 Å². The van der Waals surface area contributed by atoms with Crippen molar-refractivity contribution in [2.24, 2.45) is 17.8 Å². The smallest absolute Gasteiger partial charge is 0.275 e. The Labute approximate surface area is 233 Å². The lowest BCUT2D eigenvalue weighted by Crippen LogP contribution is -2.34. The van der Waals surface area contributed by atoms with Crippen molar-refractivity contribution in [2.75, 3.05) is 13.1 Å². The van der Waals surface area contributed by atoms with Crippen molar-refractivity contribution in [1.29, 1.82) is 0 Å². The first kappa shape index (κ1) is 27.1. The molecule has 0 fully saturated rings. The number of carbonyl (C=O) groups is 1. The summed E-state index contributed by atoms with van der Waals surface area (Å²) < 4.78 is 3.35. The number of aliphatic imine (C=N–C) groups is 1. The summed E-state index contributed by atoms with van der Waals surface area (Å²) in [6.07, 6.45) is 7.68. The molecule has 2 aromatic heterocycles. The molecule has 1 amide bonds. The van der Waals surface area contributed by atoms with Crippen molar-refractivity contribution in [1.82, 2.24) is 24.2 Å². The molecular weight excluding hydrogens is 502 g/mol. The van der Waals surface area contributed by atoms with Gasteiger partial charge in [0.1, 0.15) is 18.2 Å². The van der Waals surface area contributed by atoms with E-state index in [1.165, 1.54) is 4.68 Å². The topological polar surface area (TPSA) is 111 Å². The van der Waals surface area contributed by atoms with E-state index in [-0.39, 0.29) is 11.5 Å². The van der Waals surface area contributed by atoms with Gasteiger partial charge in [0, 0.05) is 49.3 Å². The third-order valence-corrected chi connectivity index (χ3v) is 7.11. The first-order valence-electron chi connectivity index (χ1n) is 13.7. The molecule has 40 heavy (non-hydrogen) atoms. The maximum atomic E-state index is 13.3. The number of amidine groups is 1. The first-order valence-corrected chi connectivity index (χ1v) is 13.7. The number of hydrogen-bond donors (Lipinski definition) is 1. The molecule has 0 aliphatic carbocycles. The van der Waals surface area contributed by atoms with Crippen LogP contribution in [0.25, 0.3) is 28.0 Å². The lowest BCUT2D eigenvalue weighted by molar-refractivity contribution is -0.127. The van der Waals surface area contributed by atoms with Gasteiger partial charge in [0.05, 0.1) is 23.0 Å². The van der Waals surface area contributed by atoms with Gasteiger partial charge in [-0.3, -0.25) is 9.59 Å². The van der Waals surface area contributed by atoms with Gasteiger partial charge in [0.25, 0.3) is 5.56 Å². The Bertz CT molecular complexity index is 1700. The van der Waals surface area contributed by atoms with E-state index < -0.39 is 0 Å². The van der Waals surface area contributed by atoms with Crippen LogP contribution in [0.1, 0.15) is 50.2 Å². The van der Waals surface area contributed by atoms with Crippen LogP contribution >= 0.6 is 0 Å². The van der Waals surface area contributed by atoms with Crippen LogP contribution in [0.15, 0.2) is 64.2 Å². The van der Waals surface area contributed by atoms with Crippen molar-refractivity contribution in [3.05, 3.63) is 81.8 Å². The summed E-state index contributed by atoms with van der Waals surface area (Å²) in [6, 6.07) is 11.7. The summed E-state index contributed by atoms with van der Waals surface area (Å²) in [4.78, 5) is 37.5. The fraction of sp³-hybridized carbons (Fsp3) is 0.323. The number of nitrogens with zero attached hydrogens (tertiary/aromatic N) is 6. The average Bonchev–Trinajstić information content (AvgIpc) is 3.15. The standard InChI is InChI=1S/C31H35N7O2/c1-5-11-37(12-6-2)30(39)24-14-23-8-7-22(15-27(23)35-28(32)16-24)21-9-10-26-25(13-21)17-33-38(31(26)40)19-29-34-20(3)18-36(29)4/h7-10,13-15,17-18H,5-6,11-12,16,19H2,1-4H3,(H2,32,35). The fourth-order valence-corrected chi connectivity index (χ4v) is 5.19. The van der Waals surface area contributed by atoms with Crippen LogP contribution in [0.3, 0.4) is 0 Å². The van der Waals surface area contributed by atoms with E-state index in [2.05, 4.69) is 28.9 Å². The second kappa shape index (κ2) is 11.3. The summed E-state index contributed by atoms with van der Waals surface area (Å²) in [5.74, 6) is 1.20. The molecule has 0 radical (unpaired) electrons. The number of imidazole rings is 1. The molecule has 5 rings (SSSR count). The van der Waals surface area contributed by atoms with Crippen LogP contribution in [-0.2, 0) is 18.4 Å². The highest BCUT2D eigenvalue weighted by molar-refractivity contribution is 6.05. The monoisotopic (exact) mass is 537 g/mol. The van der Waals surface area contributed by atoms with Crippen molar-refractivity contribution >= 4 is 34.3 Å².